The number of amides is 2. The van der Waals surface area contributed by atoms with Crippen molar-refractivity contribution >= 4 is 12.0 Å². The van der Waals surface area contributed by atoms with Crippen molar-refractivity contribution in [2.24, 2.45) is 0 Å². The Kier molecular flexibility index (Phi) is 5.69. The SMILES string of the molecule is COCC(C)N(C)C(=O)N[C@H](C)C(=O)O. The number of hydrogen-bond donors (Lipinski definition) is 2. The van der Waals surface area contributed by atoms with Crippen LogP contribution in [-0.2, 0) is 9.53 Å². The molecule has 0 spiro atoms. The van der Waals surface area contributed by atoms with Gasteiger partial charge in [0.05, 0.1) is 12.6 Å². The summed E-state index contributed by atoms with van der Waals surface area (Å²) in [5, 5.41) is 10.9. The average molecular weight is 218 g/mol. The van der Waals surface area contributed by atoms with Crippen LogP contribution in [0.4, 0.5) is 4.79 Å². The summed E-state index contributed by atoms with van der Waals surface area (Å²) in [4.78, 5) is 23.4. The number of carboxylic acid groups (broad SMARTS) is 1. The summed E-state index contributed by atoms with van der Waals surface area (Å²) in [7, 11) is 3.13. The molecular formula is C9H18N2O4. The summed E-state index contributed by atoms with van der Waals surface area (Å²) < 4.78 is 4.89. The van der Waals surface area contributed by atoms with E-state index in [1.54, 1.807) is 14.2 Å². The number of hydrogen-bond acceptors (Lipinski definition) is 3. The normalized spacial score (nSPS) is 14.1. The lowest BCUT2D eigenvalue weighted by molar-refractivity contribution is -0.138. The van der Waals surface area contributed by atoms with E-state index in [1.165, 1.54) is 11.8 Å². The van der Waals surface area contributed by atoms with Gasteiger partial charge in [0.25, 0.3) is 0 Å². The fraction of sp³-hybridized carbons (Fsp3) is 0.778. The first-order valence-corrected chi connectivity index (χ1v) is 4.65. The zero-order valence-electron chi connectivity index (χ0n) is 9.48. The number of likely N-dealkylation sites (N-methyl/N-ethyl adjacent to an activating group) is 1. The van der Waals surface area contributed by atoms with Crippen LogP contribution < -0.4 is 5.32 Å². The Labute approximate surface area is 89.2 Å². The number of methoxy groups -OCH3 is 1. The third-order valence-corrected chi connectivity index (χ3v) is 2.10. The van der Waals surface area contributed by atoms with Gasteiger partial charge in [0, 0.05) is 14.2 Å². The van der Waals surface area contributed by atoms with E-state index in [0.29, 0.717) is 6.61 Å². The minimum absolute atomic E-state index is 0.101. The first-order valence-electron chi connectivity index (χ1n) is 4.65. The molecule has 2 N–H and O–H groups in total. The van der Waals surface area contributed by atoms with Gasteiger partial charge in [-0.3, -0.25) is 4.79 Å². The van der Waals surface area contributed by atoms with Crippen molar-refractivity contribution in [3.8, 4) is 0 Å². The highest BCUT2D eigenvalue weighted by atomic mass is 16.5. The van der Waals surface area contributed by atoms with Crippen molar-refractivity contribution in [3.63, 3.8) is 0 Å². The van der Waals surface area contributed by atoms with Crippen LogP contribution in [-0.4, -0.2) is 54.9 Å². The van der Waals surface area contributed by atoms with Crippen molar-refractivity contribution in [1.82, 2.24) is 10.2 Å². The Bertz CT molecular complexity index is 232. The van der Waals surface area contributed by atoms with E-state index in [1.807, 2.05) is 6.92 Å². The smallest absolute Gasteiger partial charge is 0.325 e. The molecule has 0 aromatic carbocycles. The average Bonchev–Trinajstić information content (AvgIpc) is 2.16. The van der Waals surface area contributed by atoms with Crippen molar-refractivity contribution in [1.29, 1.82) is 0 Å². The minimum atomic E-state index is -1.06. The Hall–Kier alpha value is -1.30. The molecule has 0 aliphatic carbocycles. The van der Waals surface area contributed by atoms with Crippen LogP contribution in [0, 0.1) is 0 Å². The van der Waals surface area contributed by atoms with Gasteiger partial charge in [0.15, 0.2) is 0 Å². The largest absolute Gasteiger partial charge is 0.480 e. The monoisotopic (exact) mass is 218 g/mol. The van der Waals surface area contributed by atoms with Gasteiger partial charge in [-0.2, -0.15) is 0 Å². The first kappa shape index (κ1) is 13.7. The Morgan fingerprint density at radius 1 is 1.47 bits per heavy atom. The summed E-state index contributed by atoms with van der Waals surface area (Å²) >= 11 is 0. The molecule has 0 aliphatic rings. The van der Waals surface area contributed by atoms with Crippen LogP contribution in [0.2, 0.25) is 0 Å². The van der Waals surface area contributed by atoms with E-state index in [2.05, 4.69) is 5.32 Å². The van der Waals surface area contributed by atoms with Crippen molar-refractivity contribution in [2.75, 3.05) is 20.8 Å². The van der Waals surface area contributed by atoms with E-state index in [-0.39, 0.29) is 6.04 Å². The number of carbonyl (C=O) groups excluding carboxylic acids is 1. The van der Waals surface area contributed by atoms with E-state index < -0.39 is 18.0 Å². The van der Waals surface area contributed by atoms with Gasteiger partial charge in [0.2, 0.25) is 0 Å². The van der Waals surface area contributed by atoms with E-state index in [0.717, 1.165) is 0 Å². The predicted octanol–water partition coefficient (Wildman–Crippen LogP) is 0.136. The molecule has 1 unspecified atom stereocenters. The van der Waals surface area contributed by atoms with Crippen LogP contribution in [0.5, 0.6) is 0 Å². The fourth-order valence-corrected chi connectivity index (χ4v) is 0.902. The Balaban J connectivity index is 4.14. The molecule has 0 fully saturated rings. The molecule has 0 bridgehead atoms. The van der Waals surface area contributed by atoms with Crippen molar-refractivity contribution < 1.29 is 19.4 Å². The number of ether oxygens (including phenoxy) is 1. The maximum absolute atomic E-state index is 11.5. The maximum atomic E-state index is 11.5. The number of nitrogens with one attached hydrogen (secondary N) is 1. The highest BCUT2D eigenvalue weighted by Crippen LogP contribution is 1.97. The van der Waals surface area contributed by atoms with Gasteiger partial charge < -0.3 is 20.1 Å². The predicted molar refractivity (Wildman–Crippen MR) is 54.7 cm³/mol. The highest BCUT2D eigenvalue weighted by molar-refractivity contribution is 5.82. The molecule has 0 aliphatic heterocycles. The van der Waals surface area contributed by atoms with Crippen molar-refractivity contribution in [3.05, 3.63) is 0 Å². The number of rotatable bonds is 5. The topological polar surface area (TPSA) is 78.9 Å². The molecule has 0 saturated heterocycles. The zero-order chi connectivity index (χ0) is 12.0. The van der Waals surface area contributed by atoms with Gasteiger partial charge in [-0.25, -0.2) is 4.79 Å². The van der Waals surface area contributed by atoms with Gasteiger partial charge >= 0.3 is 12.0 Å². The number of aliphatic carboxylic acids is 1. The van der Waals surface area contributed by atoms with E-state index in [9.17, 15) is 9.59 Å². The van der Waals surface area contributed by atoms with Gasteiger partial charge in [-0.05, 0) is 13.8 Å². The van der Waals surface area contributed by atoms with Crippen LogP contribution in [0.3, 0.4) is 0 Å². The molecule has 6 nitrogen and oxygen atoms in total. The number of nitrogens with zero attached hydrogens (tertiary/aromatic N) is 1. The number of carbonyl (C=O) groups is 2. The molecule has 15 heavy (non-hydrogen) atoms. The molecule has 2 amide bonds. The minimum Gasteiger partial charge on any atom is -0.480 e. The first-order chi connectivity index (χ1) is 6.90. The lowest BCUT2D eigenvalue weighted by atomic mass is 10.3. The molecule has 0 aromatic heterocycles. The van der Waals surface area contributed by atoms with Gasteiger partial charge in [-0.15, -0.1) is 0 Å². The zero-order valence-corrected chi connectivity index (χ0v) is 9.48. The standard InChI is InChI=1S/C9H18N2O4/c1-6(5-15-4)11(3)9(14)10-7(2)8(12)13/h6-7H,5H2,1-4H3,(H,10,14)(H,12,13)/t6?,7-/m1/s1. The third kappa shape index (κ3) is 4.64. The molecule has 0 aromatic rings. The molecule has 88 valence electrons. The summed E-state index contributed by atoms with van der Waals surface area (Å²) in [5.74, 6) is -1.06. The highest BCUT2D eigenvalue weighted by Gasteiger charge is 2.19. The number of carboxylic acids is 1. The quantitative estimate of drug-likeness (QED) is 0.687. The molecule has 0 radical (unpaired) electrons. The maximum Gasteiger partial charge on any atom is 0.325 e. The Morgan fingerprint density at radius 3 is 2.40 bits per heavy atom. The van der Waals surface area contributed by atoms with Crippen LogP contribution >= 0.6 is 0 Å². The van der Waals surface area contributed by atoms with Gasteiger partial charge in [-0.1, -0.05) is 0 Å². The lowest BCUT2D eigenvalue weighted by Crippen LogP contribution is -2.49. The second kappa shape index (κ2) is 6.23. The van der Waals surface area contributed by atoms with Gasteiger partial charge in [0.1, 0.15) is 6.04 Å². The summed E-state index contributed by atoms with van der Waals surface area (Å²) in [6, 6.07) is -1.42. The molecule has 0 saturated carbocycles. The lowest BCUT2D eigenvalue weighted by Gasteiger charge is -2.25. The molecule has 6 heteroatoms. The van der Waals surface area contributed by atoms with Crippen molar-refractivity contribution in [2.45, 2.75) is 25.9 Å². The molecule has 0 rings (SSSR count). The summed E-state index contributed by atoms with van der Waals surface area (Å²) in [6.07, 6.45) is 0. The van der Waals surface area contributed by atoms with Crippen LogP contribution in [0.25, 0.3) is 0 Å². The molecule has 0 heterocycles. The molecule has 2 atom stereocenters. The van der Waals surface area contributed by atoms with E-state index in [4.69, 9.17) is 9.84 Å². The van der Waals surface area contributed by atoms with Crippen LogP contribution in [0.15, 0.2) is 0 Å². The number of urea groups is 1. The van der Waals surface area contributed by atoms with Crippen LogP contribution in [0.1, 0.15) is 13.8 Å². The summed E-state index contributed by atoms with van der Waals surface area (Å²) in [5.41, 5.74) is 0. The summed E-state index contributed by atoms with van der Waals surface area (Å²) in [6.45, 7) is 3.63. The third-order valence-electron chi connectivity index (χ3n) is 2.10. The second-order valence-corrected chi connectivity index (χ2v) is 3.42. The molecular weight excluding hydrogens is 200 g/mol. The Morgan fingerprint density at radius 2 is 2.00 bits per heavy atom. The fourth-order valence-electron chi connectivity index (χ4n) is 0.902. The van der Waals surface area contributed by atoms with E-state index >= 15 is 0 Å². The second-order valence-electron chi connectivity index (χ2n) is 3.42.